The van der Waals surface area contributed by atoms with Crippen LogP contribution >= 0.6 is 15.9 Å². The van der Waals surface area contributed by atoms with Crippen LogP contribution in [0.5, 0.6) is 0 Å². The molecule has 1 amide bonds. The van der Waals surface area contributed by atoms with Crippen LogP contribution in [0.2, 0.25) is 0 Å². The predicted octanol–water partition coefficient (Wildman–Crippen LogP) is 2.54. The Morgan fingerprint density at radius 2 is 2.26 bits per heavy atom. The van der Waals surface area contributed by atoms with E-state index in [1.54, 1.807) is 26.2 Å². The van der Waals surface area contributed by atoms with E-state index in [1.807, 2.05) is 0 Å². The fraction of sp³-hybridized carbons (Fsp3) is 0.462. The molecule has 0 aliphatic rings. The summed E-state index contributed by atoms with van der Waals surface area (Å²) in [6.45, 7) is 2.90. The first-order valence-electron chi connectivity index (χ1n) is 6.03. The van der Waals surface area contributed by atoms with Crippen molar-refractivity contribution in [3.8, 4) is 0 Å². The van der Waals surface area contributed by atoms with Gasteiger partial charge in [0.1, 0.15) is 11.9 Å². The zero-order valence-corrected chi connectivity index (χ0v) is 12.6. The summed E-state index contributed by atoms with van der Waals surface area (Å²) in [6.07, 6.45) is 0.766. The molecule has 1 rings (SSSR count). The van der Waals surface area contributed by atoms with Crippen molar-refractivity contribution in [1.82, 2.24) is 5.32 Å². The molecular weight excluding hydrogens is 315 g/mol. The Balaban J connectivity index is 2.42. The summed E-state index contributed by atoms with van der Waals surface area (Å²) in [5.41, 5.74) is 0.570. The monoisotopic (exact) mass is 332 g/mol. The van der Waals surface area contributed by atoms with Gasteiger partial charge >= 0.3 is 0 Å². The minimum absolute atomic E-state index is 0.126. The molecular formula is C13H18BrFN2O2. The first-order chi connectivity index (χ1) is 9.04. The topological polar surface area (TPSA) is 50.4 Å². The maximum atomic E-state index is 13.3. The number of ether oxygens (including phenoxy) is 1. The van der Waals surface area contributed by atoms with Crippen molar-refractivity contribution in [2.24, 2.45) is 0 Å². The number of rotatable bonds is 7. The van der Waals surface area contributed by atoms with E-state index in [0.29, 0.717) is 23.3 Å². The van der Waals surface area contributed by atoms with E-state index in [1.165, 1.54) is 6.07 Å². The zero-order chi connectivity index (χ0) is 14.3. The molecule has 0 fully saturated rings. The van der Waals surface area contributed by atoms with Gasteiger partial charge in [0, 0.05) is 25.9 Å². The van der Waals surface area contributed by atoms with Crippen molar-refractivity contribution >= 4 is 27.5 Å². The van der Waals surface area contributed by atoms with Crippen LogP contribution in [-0.2, 0) is 9.53 Å². The molecule has 1 aromatic rings. The van der Waals surface area contributed by atoms with Gasteiger partial charge in [-0.05, 0) is 47.5 Å². The highest BCUT2D eigenvalue weighted by atomic mass is 79.9. The number of halogens is 2. The van der Waals surface area contributed by atoms with Crippen molar-refractivity contribution in [1.29, 1.82) is 0 Å². The van der Waals surface area contributed by atoms with Crippen LogP contribution < -0.4 is 10.6 Å². The van der Waals surface area contributed by atoms with E-state index in [-0.39, 0.29) is 11.7 Å². The van der Waals surface area contributed by atoms with Gasteiger partial charge < -0.3 is 15.4 Å². The fourth-order valence-corrected chi connectivity index (χ4v) is 1.73. The molecule has 0 radical (unpaired) electrons. The second-order valence-electron chi connectivity index (χ2n) is 4.13. The minimum atomic E-state index is -0.428. The summed E-state index contributed by atoms with van der Waals surface area (Å²) in [5, 5.41) is 5.73. The van der Waals surface area contributed by atoms with Crippen molar-refractivity contribution in [3.63, 3.8) is 0 Å². The van der Waals surface area contributed by atoms with Crippen LogP contribution in [0, 0.1) is 5.82 Å². The summed E-state index contributed by atoms with van der Waals surface area (Å²) in [5.74, 6) is -0.489. The molecule has 0 saturated heterocycles. The molecule has 0 spiro atoms. The number of benzene rings is 1. The lowest BCUT2D eigenvalue weighted by Crippen LogP contribution is -2.38. The highest BCUT2D eigenvalue weighted by Gasteiger charge is 2.12. The van der Waals surface area contributed by atoms with E-state index in [2.05, 4.69) is 26.6 Å². The van der Waals surface area contributed by atoms with Crippen LogP contribution in [0.15, 0.2) is 22.7 Å². The first kappa shape index (κ1) is 15.9. The van der Waals surface area contributed by atoms with Gasteiger partial charge in [-0.3, -0.25) is 4.79 Å². The third kappa shape index (κ3) is 5.57. The number of hydrogen-bond donors (Lipinski definition) is 2. The van der Waals surface area contributed by atoms with Crippen molar-refractivity contribution < 1.29 is 13.9 Å². The molecule has 106 valence electrons. The minimum Gasteiger partial charge on any atom is -0.385 e. The molecule has 0 saturated carbocycles. The lowest BCUT2D eigenvalue weighted by atomic mass is 10.2. The third-order valence-electron chi connectivity index (χ3n) is 2.52. The van der Waals surface area contributed by atoms with Crippen LogP contribution in [0.1, 0.15) is 13.3 Å². The Bertz CT molecular complexity index is 429. The molecule has 1 atom stereocenters. The van der Waals surface area contributed by atoms with Gasteiger partial charge in [-0.2, -0.15) is 0 Å². The van der Waals surface area contributed by atoms with Gasteiger partial charge in [0.25, 0.3) is 0 Å². The van der Waals surface area contributed by atoms with Gasteiger partial charge in [-0.1, -0.05) is 0 Å². The number of carbonyl (C=O) groups is 1. The van der Waals surface area contributed by atoms with E-state index in [4.69, 9.17) is 4.74 Å². The van der Waals surface area contributed by atoms with E-state index in [0.717, 1.165) is 6.42 Å². The Morgan fingerprint density at radius 1 is 1.53 bits per heavy atom. The maximum Gasteiger partial charge on any atom is 0.242 e. The Morgan fingerprint density at radius 3 is 2.89 bits per heavy atom. The zero-order valence-electron chi connectivity index (χ0n) is 11.0. The molecule has 0 bridgehead atoms. The molecule has 0 aliphatic heterocycles. The normalized spacial score (nSPS) is 12.0. The lowest BCUT2D eigenvalue weighted by molar-refractivity contribution is -0.121. The average Bonchev–Trinajstić information content (AvgIpc) is 2.38. The maximum absolute atomic E-state index is 13.3. The molecule has 6 heteroatoms. The molecule has 0 aliphatic carbocycles. The van der Waals surface area contributed by atoms with Gasteiger partial charge in [0.15, 0.2) is 0 Å². The number of nitrogens with one attached hydrogen (secondary N) is 2. The van der Waals surface area contributed by atoms with Crippen LogP contribution in [0.4, 0.5) is 10.1 Å². The highest BCUT2D eigenvalue weighted by Crippen LogP contribution is 2.19. The highest BCUT2D eigenvalue weighted by molar-refractivity contribution is 9.10. The third-order valence-corrected chi connectivity index (χ3v) is 3.16. The van der Waals surface area contributed by atoms with Gasteiger partial charge in [0.05, 0.1) is 4.47 Å². The quantitative estimate of drug-likeness (QED) is 0.754. The van der Waals surface area contributed by atoms with E-state index >= 15 is 0 Å². The average molecular weight is 333 g/mol. The number of methoxy groups -OCH3 is 1. The van der Waals surface area contributed by atoms with Crippen LogP contribution in [-0.4, -0.2) is 32.2 Å². The molecule has 4 nitrogen and oxygen atoms in total. The smallest absolute Gasteiger partial charge is 0.242 e. The predicted molar refractivity (Wildman–Crippen MR) is 76.7 cm³/mol. The Kier molecular flexibility index (Phi) is 6.80. The van der Waals surface area contributed by atoms with Gasteiger partial charge in [-0.25, -0.2) is 4.39 Å². The number of carbonyl (C=O) groups excluding carboxylic acids is 1. The molecule has 2 N–H and O–H groups in total. The second-order valence-corrected chi connectivity index (χ2v) is 4.99. The standard InChI is InChI=1S/C13H18BrFN2O2/c1-9(13(18)16-6-3-7-19-2)17-10-4-5-11(14)12(15)8-10/h4-5,8-9,17H,3,6-7H2,1-2H3,(H,16,18). The largest absolute Gasteiger partial charge is 0.385 e. The Hall–Kier alpha value is -1.14. The summed E-state index contributed by atoms with van der Waals surface area (Å²) < 4.78 is 18.6. The van der Waals surface area contributed by atoms with Gasteiger partial charge in [-0.15, -0.1) is 0 Å². The number of amides is 1. The molecule has 1 aromatic carbocycles. The second kappa shape index (κ2) is 8.12. The van der Waals surface area contributed by atoms with Crippen LogP contribution in [0.3, 0.4) is 0 Å². The summed E-state index contributed by atoms with van der Waals surface area (Å²) in [4.78, 5) is 11.7. The number of hydrogen-bond acceptors (Lipinski definition) is 3. The molecule has 0 heterocycles. The summed E-state index contributed by atoms with van der Waals surface area (Å²) in [7, 11) is 1.62. The fourth-order valence-electron chi connectivity index (χ4n) is 1.48. The van der Waals surface area contributed by atoms with Crippen molar-refractivity contribution in [2.45, 2.75) is 19.4 Å². The number of anilines is 1. The van der Waals surface area contributed by atoms with E-state index < -0.39 is 6.04 Å². The molecule has 19 heavy (non-hydrogen) atoms. The first-order valence-corrected chi connectivity index (χ1v) is 6.82. The summed E-state index contributed by atoms with van der Waals surface area (Å²) >= 11 is 3.08. The van der Waals surface area contributed by atoms with Crippen molar-refractivity contribution in [3.05, 3.63) is 28.5 Å². The van der Waals surface area contributed by atoms with Gasteiger partial charge in [0.2, 0.25) is 5.91 Å². The summed E-state index contributed by atoms with van der Waals surface area (Å²) in [6, 6.07) is 4.23. The SMILES string of the molecule is COCCCNC(=O)C(C)Nc1ccc(Br)c(F)c1. The lowest BCUT2D eigenvalue weighted by Gasteiger charge is -2.15. The Labute approximate surface area is 120 Å². The molecule has 1 unspecified atom stereocenters. The van der Waals surface area contributed by atoms with Crippen molar-refractivity contribution in [2.75, 3.05) is 25.6 Å². The van der Waals surface area contributed by atoms with E-state index in [9.17, 15) is 9.18 Å². The molecule has 0 aromatic heterocycles. The van der Waals surface area contributed by atoms with Crippen LogP contribution in [0.25, 0.3) is 0 Å².